The number of hydrogen-bond donors (Lipinski definition) is 0. The number of furan rings is 1. The van der Waals surface area contributed by atoms with E-state index in [-0.39, 0.29) is 17.1 Å². The summed E-state index contributed by atoms with van der Waals surface area (Å²) in [7, 11) is -2.46. The van der Waals surface area contributed by atoms with Gasteiger partial charge in [0, 0.05) is 24.6 Å². The molecule has 0 aliphatic rings. The number of fused-ring (bicyclic) bond motifs is 1. The van der Waals surface area contributed by atoms with Gasteiger partial charge >= 0.3 is 0 Å². The van der Waals surface area contributed by atoms with Crippen LogP contribution in [-0.2, 0) is 16.6 Å². The van der Waals surface area contributed by atoms with Crippen molar-refractivity contribution in [3.8, 4) is 0 Å². The van der Waals surface area contributed by atoms with Crippen LogP contribution in [0.2, 0.25) is 0 Å². The first-order valence-electron chi connectivity index (χ1n) is 7.06. The summed E-state index contributed by atoms with van der Waals surface area (Å²) in [6.07, 6.45) is 0. The normalized spacial score (nSPS) is 11.9. The maximum absolute atomic E-state index is 12.6. The summed E-state index contributed by atoms with van der Waals surface area (Å²) < 4.78 is 31.9. The standard InChI is InChI=1S/C16H14N2O5S/c1-17(11-14-9-12-5-2-3-8-16(12)23-14)24(21,22)15-7-4-6-13(10-15)18(19)20/h2-10H,11H2,1H3. The molecule has 0 unspecified atom stereocenters. The molecule has 0 aliphatic carbocycles. The Kier molecular flexibility index (Phi) is 4.08. The molecule has 24 heavy (non-hydrogen) atoms. The Labute approximate surface area is 138 Å². The van der Waals surface area contributed by atoms with Crippen molar-refractivity contribution in [3.63, 3.8) is 0 Å². The molecule has 1 heterocycles. The predicted molar refractivity (Wildman–Crippen MR) is 88.0 cm³/mol. The first-order valence-corrected chi connectivity index (χ1v) is 8.50. The first kappa shape index (κ1) is 16.2. The average molecular weight is 346 g/mol. The lowest BCUT2D eigenvalue weighted by Gasteiger charge is -2.15. The number of non-ortho nitro benzene ring substituents is 1. The van der Waals surface area contributed by atoms with Crippen LogP contribution in [0.25, 0.3) is 11.0 Å². The molecule has 1 aromatic heterocycles. The van der Waals surface area contributed by atoms with Crippen LogP contribution in [0, 0.1) is 10.1 Å². The molecular formula is C16H14N2O5S. The quantitative estimate of drug-likeness (QED) is 0.522. The SMILES string of the molecule is CN(Cc1cc2ccccc2o1)S(=O)(=O)c1cccc([N+](=O)[O-])c1. The van der Waals surface area contributed by atoms with Gasteiger partial charge in [-0.15, -0.1) is 0 Å². The number of nitro benzene ring substituents is 1. The fourth-order valence-corrected chi connectivity index (χ4v) is 3.53. The van der Waals surface area contributed by atoms with Crippen LogP contribution < -0.4 is 0 Å². The lowest BCUT2D eigenvalue weighted by atomic mass is 10.2. The average Bonchev–Trinajstić information content (AvgIpc) is 2.97. The first-order chi connectivity index (χ1) is 11.4. The Balaban J connectivity index is 1.88. The fourth-order valence-electron chi connectivity index (χ4n) is 2.36. The molecular weight excluding hydrogens is 332 g/mol. The molecule has 0 atom stereocenters. The number of sulfonamides is 1. The van der Waals surface area contributed by atoms with E-state index in [9.17, 15) is 18.5 Å². The Morgan fingerprint density at radius 1 is 1.12 bits per heavy atom. The molecule has 0 amide bonds. The van der Waals surface area contributed by atoms with E-state index in [1.54, 1.807) is 12.1 Å². The lowest BCUT2D eigenvalue weighted by molar-refractivity contribution is -0.385. The van der Waals surface area contributed by atoms with Crippen LogP contribution in [0.5, 0.6) is 0 Å². The van der Waals surface area contributed by atoms with Crippen LogP contribution in [0.1, 0.15) is 5.76 Å². The summed E-state index contributed by atoms with van der Waals surface area (Å²) in [5.74, 6) is 0.493. The zero-order valence-electron chi connectivity index (χ0n) is 12.7. The molecule has 0 spiro atoms. The second-order valence-electron chi connectivity index (χ2n) is 5.27. The third-order valence-corrected chi connectivity index (χ3v) is 5.39. The summed E-state index contributed by atoms with van der Waals surface area (Å²) in [4.78, 5) is 10.1. The van der Waals surface area contributed by atoms with Crippen LogP contribution in [-0.4, -0.2) is 24.7 Å². The van der Waals surface area contributed by atoms with Gasteiger partial charge in [0.05, 0.1) is 16.4 Å². The zero-order valence-corrected chi connectivity index (χ0v) is 13.6. The highest BCUT2D eigenvalue weighted by molar-refractivity contribution is 7.89. The summed E-state index contributed by atoms with van der Waals surface area (Å²) in [5.41, 5.74) is 0.404. The smallest absolute Gasteiger partial charge is 0.270 e. The van der Waals surface area contributed by atoms with E-state index in [0.29, 0.717) is 11.3 Å². The minimum atomic E-state index is -3.86. The number of rotatable bonds is 5. The van der Waals surface area contributed by atoms with Gasteiger partial charge in [-0.05, 0) is 18.2 Å². The van der Waals surface area contributed by atoms with Gasteiger partial charge < -0.3 is 4.42 Å². The molecule has 0 fully saturated rings. The van der Waals surface area contributed by atoms with Crippen molar-refractivity contribution in [1.29, 1.82) is 0 Å². The van der Waals surface area contributed by atoms with Gasteiger partial charge in [-0.3, -0.25) is 10.1 Å². The topological polar surface area (TPSA) is 93.7 Å². The Morgan fingerprint density at radius 2 is 1.88 bits per heavy atom. The van der Waals surface area contributed by atoms with Crippen molar-refractivity contribution < 1.29 is 17.8 Å². The molecule has 0 bridgehead atoms. The van der Waals surface area contributed by atoms with Crippen molar-refractivity contribution in [2.45, 2.75) is 11.4 Å². The van der Waals surface area contributed by atoms with E-state index in [2.05, 4.69) is 0 Å². The van der Waals surface area contributed by atoms with E-state index in [1.807, 2.05) is 18.2 Å². The zero-order chi connectivity index (χ0) is 17.3. The van der Waals surface area contributed by atoms with Gasteiger partial charge in [0.15, 0.2) is 0 Å². The second-order valence-corrected chi connectivity index (χ2v) is 7.31. The van der Waals surface area contributed by atoms with E-state index >= 15 is 0 Å². The highest BCUT2D eigenvalue weighted by Gasteiger charge is 2.24. The summed E-state index contributed by atoms with van der Waals surface area (Å²) in [6, 6.07) is 14.1. The van der Waals surface area contributed by atoms with Crippen molar-refractivity contribution >= 4 is 26.7 Å². The number of para-hydroxylation sites is 1. The molecule has 8 heteroatoms. The molecule has 0 saturated heterocycles. The van der Waals surface area contributed by atoms with Crippen molar-refractivity contribution in [3.05, 3.63) is 70.5 Å². The minimum absolute atomic E-state index is 0.0275. The molecule has 0 saturated carbocycles. The fraction of sp³-hybridized carbons (Fsp3) is 0.125. The van der Waals surface area contributed by atoms with E-state index in [1.165, 1.54) is 25.2 Å². The van der Waals surface area contributed by atoms with Gasteiger partial charge in [-0.2, -0.15) is 4.31 Å². The van der Waals surface area contributed by atoms with Gasteiger partial charge in [-0.1, -0.05) is 24.3 Å². The summed E-state index contributed by atoms with van der Waals surface area (Å²) >= 11 is 0. The number of nitro groups is 1. The maximum Gasteiger partial charge on any atom is 0.270 e. The van der Waals surface area contributed by atoms with Crippen LogP contribution in [0.4, 0.5) is 5.69 Å². The number of hydrogen-bond acceptors (Lipinski definition) is 5. The van der Waals surface area contributed by atoms with Crippen LogP contribution in [0.15, 0.2) is 63.9 Å². The summed E-state index contributed by atoms with van der Waals surface area (Å²) in [5, 5.41) is 11.7. The van der Waals surface area contributed by atoms with E-state index in [0.717, 1.165) is 15.8 Å². The maximum atomic E-state index is 12.6. The molecule has 0 N–H and O–H groups in total. The molecule has 7 nitrogen and oxygen atoms in total. The molecule has 3 rings (SSSR count). The van der Waals surface area contributed by atoms with Gasteiger partial charge in [0.25, 0.3) is 5.69 Å². The van der Waals surface area contributed by atoms with E-state index in [4.69, 9.17) is 4.42 Å². The van der Waals surface area contributed by atoms with Crippen molar-refractivity contribution in [2.75, 3.05) is 7.05 Å². The highest BCUT2D eigenvalue weighted by Crippen LogP contribution is 2.24. The Bertz CT molecular complexity index is 977. The van der Waals surface area contributed by atoms with E-state index < -0.39 is 14.9 Å². The molecule has 2 aromatic carbocycles. The Hall–Kier alpha value is -2.71. The molecule has 124 valence electrons. The number of nitrogens with zero attached hydrogens (tertiary/aromatic N) is 2. The van der Waals surface area contributed by atoms with Gasteiger partial charge in [0.1, 0.15) is 11.3 Å². The predicted octanol–water partition coefficient (Wildman–Crippen LogP) is 3.16. The van der Waals surface area contributed by atoms with Crippen molar-refractivity contribution in [1.82, 2.24) is 4.31 Å². The summed E-state index contributed by atoms with van der Waals surface area (Å²) in [6.45, 7) is 0.0275. The monoisotopic (exact) mass is 346 g/mol. The second kappa shape index (κ2) is 6.06. The van der Waals surface area contributed by atoms with Crippen LogP contribution >= 0.6 is 0 Å². The largest absolute Gasteiger partial charge is 0.460 e. The van der Waals surface area contributed by atoms with Gasteiger partial charge in [0.2, 0.25) is 10.0 Å². The van der Waals surface area contributed by atoms with Crippen LogP contribution in [0.3, 0.4) is 0 Å². The highest BCUT2D eigenvalue weighted by atomic mass is 32.2. The third-order valence-electron chi connectivity index (χ3n) is 3.59. The molecule has 0 radical (unpaired) electrons. The molecule has 3 aromatic rings. The van der Waals surface area contributed by atoms with Gasteiger partial charge in [-0.25, -0.2) is 8.42 Å². The Morgan fingerprint density at radius 3 is 2.58 bits per heavy atom. The lowest BCUT2D eigenvalue weighted by Crippen LogP contribution is -2.26. The number of benzene rings is 2. The van der Waals surface area contributed by atoms with Crippen molar-refractivity contribution in [2.24, 2.45) is 0 Å². The minimum Gasteiger partial charge on any atom is -0.460 e. The third kappa shape index (κ3) is 3.01. The molecule has 0 aliphatic heterocycles.